The molecule has 1 atom stereocenters. The lowest BCUT2D eigenvalue weighted by Gasteiger charge is -2.21. The highest BCUT2D eigenvalue weighted by Crippen LogP contribution is 2.51. The van der Waals surface area contributed by atoms with Crippen LogP contribution in [0.3, 0.4) is 0 Å². The van der Waals surface area contributed by atoms with Crippen molar-refractivity contribution in [2.75, 3.05) is 6.54 Å². The van der Waals surface area contributed by atoms with Gasteiger partial charge in [-0.05, 0) is 30.6 Å². The van der Waals surface area contributed by atoms with Gasteiger partial charge in [0.25, 0.3) is 0 Å². The standard InChI is InChI=1S/C11H22N2O/c1-4-9(12)10(14)13-7-11(5-6-11)8(2)3/h8-9H,4-7,12H2,1-3H3,(H,13,14)/t9-/m1/s1. The first-order chi connectivity index (χ1) is 6.52. The van der Waals surface area contributed by atoms with E-state index in [0.29, 0.717) is 17.8 Å². The fraction of sp³-hybridized carbons (Fsp3) is 0.909. The molecule has 1 aliphatic rings. The van der Waals surface area contributed by atoms with E-state index in [-0.39, 0.29) is 11.9 Å². The van der Waals surface area contributed by atoms with Crippen LogP contribution in [0.25, 0.3) is 0 Å². The SMILES string of the molecule is CC[C@@H](N)C(=O)NCC1(C(C)C)CC1. The summed E-state index contributed by atoms with van der Waals surface area (Å²) in [5.74, 6) is 0.653. The lowest BCUT2D eigenvalue weighted by Crippen LogP contribution is -2.43. The van der Waals surface area contributed by atoms with Gasteiger partial charge in [0.05, 0.1) is 6.04 Å². The highest BCUT2D eigenvalue weighted by molar-refractivity contribution is 5.81. The number of hydrogen-bond acceptors (Lipinski definition) is 2. The van der Waals surface area contributed by atoms with Crippen molar-refractivity contribution < 1.29 is 4.79 Å². The van der Waals surface area contributed by atoms with Crippen LogP contribution in [0.1, 0.15) is 40.0 Å². The van der Waals surface area contributed by atoms with Gasteiger partial charge in [-0.3, -0.25) is 4.79 Å². The molecule has 1 amide bonds. The predicted octanol–water partition coefficient (Wildman–Crippen LogP) is 1.28. The third-order valence-electron chi connectivity index (χ3n) is 3.51. The summed E-state index contributed by atoms with van der Waals surface area (Å²) in [6.07, 6.45) is 3.19. The largest absolute Gasteiger partial charge is 0.354 e. The molecule has 14 heavy (non-hydrogen) atoms. The van der Waals surface area contributed by atoms with Crippen LogP contribution in [0, 0.1) is 11.3 Å². The molecule has 0 spiro atoms. The minimum absolute atomic E-state index is 0.000532. The molecule has 0 aromatic rings. The number of rotatable bonds is 5. The van der Waals surface area contributed by atoms with Crippen LogP contribution in [0.5, 0.6) is 0 Å². The third kappa shape index (κ3) is 2.47. The molecule has 1 aliphatic carbocycles. The van der Waals surface area contributed by atoms with E-state index in [1.807, 2.05) is 6.92 Å². The minimum atomic E-state index is -0.335. The summed E-state index contributed by atoms with van der Waals surface area (Å²) in [7, 11) is 0. The monoisotopic (exact) mass is 198 g/mol. The molecular formula is C11H22N2O. The van der Waals surface area contributed by atoms with Crippen molar-refractivity contribution in [2.24, 2.45) is 17.1 Å². The van der Waals surface area contributed by atoms with Gasteiger partial charge in [-0.1, -0.05) is 20.8 Å². The van der Waals surface area contributed by atoms with Crippen molar-refractivity contribution in [2.45, 2.75) is 46.1 Å². The van der Waals surface area contributed by atoms with E-state index in [0.717, 1.165) is 6.54 Å². The summed E-state index contributed by atoms with van der Waals surface area (Å²) in [6.45, 7) is 7.18. The molecule has 0 unspecified atom stereocenters. The maximum absolute atomic E-state index is 11.4. The molecule has 82 valence electrons. The van der Waals surface area contributed by atoms with Crippen molar-refractivity contribution in [3.8, 4) is 0 Å². The van der Waals surface area contributed by atoms with Crippen molar-refractivity contribution in [1.82, 2.24) is 5.32 Å². The van der Waals surface area contributed by atoms with E-state index in [4.69, 9.17) is 5.73 Å². The maximum atomic E-state index is 11.4. The molecule has 3 nitrogen and oxygen atoms in total. The van der Waals surface area contributed by atoms with Gasteiger partial charge in [0.1, 0.15) is 0 Å². The Balaban J connectivity index is 2.30. The molecule has 1 fully saturated rings. The van der Waals surface area contributed by atoms with Crippen molar-refractivity contribution >= 4 is 5.91 Å². The zero-order chi connectivity index (χ0) is 10.8. The van der Waals surface area contributed by atoms with E-state index < -0.39 is 0 Å². The van der Waals surface area contributed by atoms with Gasteiger partial charge in [-0.25, -0.2) is 0 Å². The molecule has 0 heterocycles. The Morgan fingerprint density at radius 1 is 1.50 bits per heavy atom. The van der Waals surface area contributed by atoms with Crippen molar-refractivity contribution in [1.29, 1.82) is 0 Å². The van der Waals surface area contributed by atoms with E-state index in [2.05, 4.69) is 19.2 Å². The average Bonchev–Trinajstić information content (AvgIpc) is 2.93. The molecule has 0 saturated heterocycles. The Bertz CT molecular complexity index is 209. The summed E-state index contributed by atoms with van der Waals surface area (Å²) in [5.41, 5.74) is 6.01. The summed E-state index contributed by atoms with van der Waals surface area (Å²) < 4.78 is 0. The number of nitrogens with two attached hydrogens (primary N) is 1. The quantitative estimate of drug-likeness (QED) is 0.699. The van der Waals surface area contributed by atoms with Gasteiger partial charge in [0, 0.05) is 6.54 Å². The van der Waals surface area contributed by atoms with Crippen molar-refractivity contribution in [3.63, 3.8) is 0 Å². The van der Waals surface area contributed by atoms with Crippen LogP contribution in [-0.4, -0.2) is 18.5 Å². The van der Waals surface area contributed by atoms with Gasteiger partial charge in [-0.15, -0.1) is 0 Å². The fourth-order valence-corrected chi connectivity index (χ4v) is 1.70. The second-order valence-corrected chi connectivity index (χ2v) is 4.75. The Labute approximate surface area is 86.4 Å². The van der Waals surface area contributed by atoms with Gasteiger partial charge in [0.15, 0.2) is 0 Å². The molecule has 0 aliphatic heterocycles. The lowest BCUT2D eigenvalue weighted by atomic mass is 9.92. The predicted molar refractivity (Wildman–Crippen MR) is 57.8 cm³/mol. The van der Waals surface area contributed by atoms with Gasteiger partial charge < -0.3 is 11.1 Å². The minimum Gasteiger partial charge on any atom is -0.354 e. The van der Waals surface area contributed by atoms with Crippen LogP contribution < -0.4 is 11.1 Å². The summed E-state index contributed by atoms with van der Waals surface area (Å²) in [6, 6.07) is -0.335. The summed E-state index contributed by atoms with van der Waals surface area (Å²) in [5, 5.41) is 2.95. The average molecular weight is 198 g/mol. The van der Waals surface area contributed by atoms with Crippen LogP contribution in [-0.2, 0) is 4.79 Å². The lowest BCUT2D eigenvalue weighted by molar-refractivity contribution is -0.122. The molecule has 0 radical (unpaired) electrons. The van der Waals surface area contributed by atoms with E-state index in [1.165, 1.54) is 12.8 Å². The maximum Gasteiger partial charge on any atom is 0.236 e. The molecule has 0 aromatic heterocycles. The smallest absolute Gasteiger partial charge is 0.236 e. The van der Waals surface area contributed by atoms with Crippen LogP contribution in [0.4, 0.5) is 0 Å². The number of amides is 1. The second-order valence-electron chi connectivity index (χ2n) is 4.75. The third-order valence-corrected chi connectivity index (χ3v) is 3.51. The van der Waals surface area contributed by atoms with E-state index in [9.17, 15) is 4.79 Å². The molecule has 0 aromatic carbocycles. The first-order valence-corrected chi connectivity index (χ1v) is 5.55. The first-order valence-electron chi connectivity index (χ1n) is 5.55. The highest BCUT2D eigenvalue weighted by Gasteiger charge is 2.45. The normalized spacial score (nSPS) is 20.6. The Kier molecular flexibility index (Phi) is 3.53. The highest BCUT2D eigenvalue weighted by atomic mass is 16.2. The van der Waals surface area contributed by atoms with E-state index in [1.54, 1.807) is 0 Å². The number of hydrogen-bond donors (Lipinski definition) is 2. The van der Waals surface area contributed by atoms with Crippen LogP contribution in [0.2, 0.25) is 0 Å². The topological polar surface area (TPSA) is 55.1 Å². The number of carbonyl (C=O) groups is 1. The zero-order valence-corrected chi connectivity index (χ0v) is 9.47. The van der Waals surface area contributed by atoms with E-state index >= 15 is 0 Å². The first kappa shape index (κ1) is 11.5. The fourth-order valence-electron chi connectivity index (χ4n) is 1.70. The van der Waals surface area contributed by atoms with Gasteiger partial charge in [0.2, 0.25) is 5.91 Å². The molecule has 3 N–H and O–H groups in total. The molecule has 1 saturated carbocycles. The van der Waals surface area contributed by atoms with Crippen LogP contribution in [0.15, 0.2) is 0 Å². The second kappa shape index (κ2) is 4.30. The molecule has 1 rings (SSSR count). The number of carbonyl (C=O) groups excluding carboxylic acids is 1. The Morgan fingerprint density at radius 3 is 2.43 bits per heavy atom. The molecule has 3 heteroatoms. The number of nitrogens with one attached hydrogen (secondary N) is 1. The molecule has 0 bridgehead atoms. The summed E-state index contributed by atoms with van der Waals surface area (Å²) in [4.78, 5) is 11.4. The zero-order valence-electron chi connectivity index (χ0n) is 9.47. The van der Waals surface area contributed by atoms with Gasteiger partial charge in [-0.2, -0.15) is 0 Å². The van der Waals surface area contributed by atoms with Crippen LogP contribution >= 0.6 is 0 Å². The Hall–Kier alpha value is -0.570. The van der Waals surface area contributed by atoms with Crippen molar-refractivity contribution in [3.05, 3.63) is 0 Å². The summed E-state index contributed by atoms with van der Waals surface area (Å²) >= 11 is 0. The van der Waals surface area contributed by atoms with Gasteiger partial charge >= 0.3 is 0 Å². The Morgan fingerprint density at radius 2 is 2.07 bits per heavy atom. The molecular weight excluding hydrogens is 176 g/mol.